The van der Waals surface area contributed by atoms with Crippen molar-refractivity contribution < 1.29 is 21.6 Å². The number of halogens is 3. The molecule has 0 saturated heterocycles. The minimum Gasteiger partial charge on any atom is -0.229 e. The molecule has 0 aliphatic carbocycles. The normalized spacial score (nSPS) is 12.6. The van der Waals surface area contributed by atoms with E-state index >= 15 is 0 Å². The molecular weight excluding hydrogens is 325 g/mol. The van der Waals surface area contributed by atoms with Crippen molar-refractivity contribution in [3.63, 3.8) is 0 Å². The fourth-order valence-corrected chi connectivity index (χ4v) is 3.65. The number of rotatable bonds is 4. The predicted molar refractivity (Wildman–Crippen MR) is 72.3 cm³/mol. The van der Waals surface area contributed by atoms with Crippen molar-refractivity contribution in [2.75, 3.05) is 0 Å². The molecule has 4 nitrogen and oxygen atoms in total. The smallest absolute Gasteiger partial charge is 0.229 e. The number of benzene rings is 1. The van der Waals surface area contributed by atoms with Crippen LogP contribution in [0.1, 0.15) is 16.8 Å². The van der Waals surface area contributed by atoms with Gasteiger partial charge in [-0.1, -0.05) is 18.2 Å². The highest BCUT2D eigenvalue weighted by Gasteiger charge is 2.30. The van der Waals surface area contributed by atoms with Gasteiger partial charge < -0.3 is 0 Å². The van der Waals surface area contributed by atoms with Gasteiger partial charge in [0, 0.05) is 17.6 Å². The zero-order valence-corrected chi connectivity index (χ0v) is 12.4. The van der Waals surface area contributed by atoms with Crippen LogP contribution in [-0.2, 0) is 22.7 Å². The molecule has 0 aliphatic heterocycles. The van der Waals surface area contributed by atoms with Crippen molar-refractivity contribution in [2.24, 2.45) is 0 Å². The molecule has 0 unspecified atom stereocenters. The van der Waals surface area contributed by atoms with Crippen molar-refractivity contribution in [2.45, 2.75) is 24.0 Å². The molecule has 21 heavy (non-hydrogen) atoms. The van der Waals surface area contributed by atoms with Gasteiger partial charge in [0.25, 0.3) is 10.0 Å². The number of hydrogen-bond acceptors (Lipinski definition) is 4. The Morgan fingerprint density at radius 2 is 2.05 bits per heavy atom. The third-order valence-electron chi connectivity index (χ3n) is 2.55. The van der Waals surface area contributed by atoms with Crippen LogP contribution < -0.4 is 4.72 Å². The van der Waals surface area contributed by atoms with Crippen LogP contribution in [0.3, 0.4) is 0 Å². The van der Waals surface area contributed by atoms with Gasteiger partial charge in [-0.3, -0.25) is 0 Å². The summed E-state index contributed by atoms with van der Waals surface area (Å²) in [5, 5.41) is 1.58. The summed E-state index contributed by atoms with van der Waals surface area (Å²) in [6, 6.07) is 4.50. The van der Waals surface area contributed by atoms with Crippen molar-refractivity contribution in [3.8, 4) is 0 Å². The number of nitrogens with zero attached hydrogens (tertiary/aromatic N) is 1. The Balaban J connectivity index is 2.13. The Labute approximate surface area is 123 Å². The van der Waals surface area contributed by atoms with Crippen molar-refractivity contribution in [1.29, 1.82) is 0 Å². The van der Waals surface area contributed by atoms with Gasteiger partial charge in [0.2, 0.25) is 4.34 Å². The standard InChI is InChI=1S/C12H11F3N2O2S2/c1-8-7-20-11(17-8)21(18,19)16-6-9-3-2-4-10(5-9)12(13,14)15/h2-5,7,16H,6H2,1H3. The van der Waals surface area contributed by atoms with E-state index in [0.717, 1.165) is 23.5 Å². The van der Waals surface area contributed by atoms with Crippen LogP contribution in [0.25, 0.3) is 0 Å². The number of aromatic nitrogens is 1. The molecule has 0 atom stereocenters. The molecule has 2 aromatic rings. The third kappa shape index (κ3) is 4.02. The molecule has 0 amide bonds. The van der Waals surface area contributed by atoms with Crippen molar-refractivity contribution in [3.05, 3.63) is 46.5 Å². The molecule has 1 aromatic heterocycles. The molecule has 0 aliphatic rings. The first kappa shape index (κ1) is 15.9. The number of thiazole rings is 1. The summed E-state index contributed by atoms with van der Waals surface area (Å²) in [5.74, 6) is 0. The summed E-state index contributed by atoms with van der Waals surface area (Å²) in [6.07, 6.45) is -4.46. The Morgan fingerprint density at radius 1 is 1.33 bits per heavy atom. The number of hydrogen-bond donors (Lipinski definition) is 1. The monoisotopic (exact) mass is 336 g/mol. The third-order valence-corrected chi connectivity index (χ3v) is 5.32. The fourth-order valence-electron chi connectivity index (χ4n) is 1.55. The van der Waals surface area contributed by atoms with Gasteiger partial charge in [0.15, 0.2) is 0 Å². The van der Waals surface area contributed by atoms with Gasteiger partial charge in [0.1, 0.15) is 0 Å². The molecule has 0 bridgehead atoms. The molecule has 114 valence electrons. The van der Waals surface area contributed by atoms with Gasteiger partial charge in [-0.25, -0.2) is 18.1 Å². The summed E-state index contributed by atoms with van der Waals surface area (Å²) in [6.45, 7) is 1.42. The summed E-state index contributed by atoms with van der Waals surface area (Å²) in [4.78, 5) is 3.84. The SMILES string of the molecule is Cc1csc(S(=O)(=O)NCc2cccc(C(F)(F)F)c2)n1. The van der Waals surface area contributed by atoms with Crippen LogP contribution in [-0.4, -0.2) is 13.4 Å². The molecule has 0 radical (unpaired) electrons. The Morgan fingerprint density at radius 3 is 2.62 bits per heavy atom. The first-order chi connectivity index (χ1) is 9.68. The first-order valence-electron chi connectivity index (χ1n) is 5.76. The van der Waals surface area contributed by atoms with Crippen LogP contribution >= 0.6 is 11.3 Å². The second kappa shape index (κ2) is 5.74. The van der Waals surface area contributed by atoms with E-state index in [4.69, 9.17) is 0 Å². The maximum atomic E-state index is 12.6. The number of sulfonamides is 1. The Kier molecular flexibility index (Phi) is 4.35. The van der Waals surface area contributed by atoms with Crippen LogP contribution in [0, 0.1) is 6.92 Å². The molecule has 0 saturated carbocycles. The van der Waals surface area contributed by atoms with E-state index in [0.29, 0.717) is 5.69 Å². The predicted octanol–water partition coefficient (Wildman–Crippen LogP) is 2.95. The molecule has 2 rings (SSSR count). The van der Waals surface area contributed by atoms with Crippen LogP contribution in [0.5, 0.6) is 0 Å². The van der Waals surface area contributed by atoms with Gasteiger partial charge in [-0.2, -0.15) is 13.2 Å². The maximum absolute atomic E-state index is 12.6. The van der Waals surface area contributed by atoms with Gasteiger partial charge in [0.05, 0.1) is 5.56 Å². The lowest BCUT2D eigenvalue weighted by atomic mass is 10.1. The van der Waals surface area contributed by atoms with Crippen molar-refractivity contribution >= 4 is 21.4 Å². The maximum Gasteiger partial charge on any atom is 0.416 e. The zero-order chi connectivity index (χ0) is 15.7. The van der Waals surface area contributed by atoms with E-state index in [1.807, 2.05) is 0 Å². The minimum atomic E-state index is -4.46. The van der Waals surface area contributed by atoms with E-state index in [1.165, 1.54) is 12.1 Å². The second-order valence-electron chi connectivity index (χ2n) is 4.28. The molecule has 1 N–H and O–H groups in total. The molecule has 1 heterocycles. The molecule has 0 spiro atoms. The van der Waals surface area contributed by atoms with Crippen LogP contribution in [0.4, 0.5) is 13.2 Å². The van der Waals surface area contributed by atoms with Crippen LogP contribution in [0.15, 0.2) is 34.0 Å². The molecule has 1 aromatic carbocycles. The van der Waals surface area contributed by atoms with Gasteiger partial charge in [-0.05, 0) is 18.6 Å². The number of aryl methyl sites for hydroxylation is 1. The molecule has 9 heteroatoms. The highest BCUT2D eigenvalue weighted by atomic mass is 32.2. The lowest BCUT2D eigenvalue weighted by Gasteiger charge is -2.09. The average Bonchev–Trinajstić information content (AvgIpc) is 2.83. The van der Waals surface area contributed by atoms with E-state index < -0.39 is 21.8 Å². The largest absolute Gasteiger partial charge is 0.416 e. The van der Waals surface area contributed by atoms with E-state index in [9.17, 15) is 21.6 Å². The lowest BCUT2D eigenvalue weighted by Crippen LogP contribution is -2.23. The number of alkyl halides is 3. The quantitative estimate of drug-likeness (QED) is 0.934. The average molecular weight is 336 g/mol. The van der Waals surface area contributed by atoms with Crippen molar-refractivity contribution in [1.82, 2.24) is 9.71 Å². The topological polar surface area (TPSA) is 59.1 Å². The summed E-state index contributed by atoms with van der Waals surface area (Å²) in [7, 11) is -3.81. The Hall–Kier alpha value is -1.45. The van der Waals surface area contributed by atoms with Crippen LogP contribution in [0.2, 0.25) is 0 Å². The van der Waals surface area contributed by atoms with Gasteiger partial charge in [-0.15, -0.1) is 11.3 Å². The fraction of sp³-hybridized carbons (Fsp3) is 0.250. The second-order valence-corrected chi connectivity index (χ2v) is 7.08. The summed E-state index contributed by atoms with van der Waals surface area (Å²) in [5.41, 5.74) is -0.0228. The van der Waals surface area contributed by atoms with E-state index in [1.54, 1.807) is 12.3 Å². The first-order valence-corrected chi connectivity index (χ1v) is 8.13. The Bertz CT molecular complexity index is 739. The highest BCUT2D eigenvalue weighted by Crippen LogP contribution is 2.29. The summed E-state index contributed by atoms with van der Waals surface area (Å²) >= 11 is 0.957. The van der Waals surface area contributed by atoms with Gasteiger partial charge >= 0.3 is 6.18 Å². The van der Waals surface area contributed by atoms with E-state index in [-0.39, 0.29) is 16.4 Å². The highest BCUT2D eigenvalue weighted by molar-refractivity contribution is 7.91. The minimum absolute atomic E-state index is 0.105. The zero-order valence-electron chi connectivity index (χ0n) is 10.8. The number of nitrogens with one attached hydrogen (secondary N) is 1. The molecule has 0 fully saturated rings. The lowest BCUT2D eigenvalue weighted by molar-refractivity contribution is -0.137. The van der Waals surface area contributed by atoms with E-state index in [2.05, 4.69) is 9.71 Å². The summed E-state index contributed by atoms with van der Waals surface area (Å²) < 4.78 is 63.7. The molecular formula is C12H11F3N2O2S2.